The zero-order valence-corrected chi connectivity index (χ0v) is 11.8. The van der Waals surface area contributed by atoms with Crippen molar-refractivity contribution in [3.8, 4) is 5.75 Å². The van der Waals surface area contributed by atoms with E-state index in [9.17, 15) is 5.11 Å². The van der Waals surface area contributed by atoms with Gasteiger partial charge in [0.2, 0.25) is 0 Å². The number of fused-ring (bicyclic) bond motifs is 1. The average Bonchev–Trinajstić information content (AvgIpc) is 2.47. The van der Waals surface area contributed by atoms with Crippen LogP contribution in [-0.4, -0.2) is 11.1 Å². The average molecular weight is 267 g/mol. The van der Waals surface area contributed by atoms with E-state index in [1.807, 2.05) is 12.1 Å². The highest BCUT2D eigenvalue weighted by Crippen LogP contribution is 2.24. The topological polar surface area (TPSA) is 32.3 Å². The highest BCUT2D eigenvalue weighted by atomic mass is 16.3. The minimum absolute atomic E-state index is 0.261. The molecule has 2 N–H and O–H groups in total. The summed E-state index contributed by atoms with van der Waals surface area (Å²) in [5.41, 5.74) is 4.11. The molecule has 0 radical (unpaired) electrons. The summed E-state index contributed by atoms with van der Waals surface area (Å²) in [5, 5.41) is 13.3. The predicted octanol–water partition coefficient (Wildman–Crippen LogP) is 3.60. The molecular weight excluding hydrogens is 246 g/mol. The number of hydrogen-bond acceptors (Lipinski definition) is 2. The summed E-state index contributed by atoms with van der Waals surface area (Å²) < 4.78 is 0. The number of phenols is 1. The summed E-state index contributed by atoms with van der Waals surface area (Å²) in [6, 6.07) is 17.0. The number of aromatic hydroxyl groups is 1. The molecule has 2 heteroatoms. The molecule has 0 heterocycles. The quantitative estimate of drug-likeness (QED) is 0.890. The van der Waals surface area contributed by atoms with Gasteiger partial charge in [-0.2, -0.15) is 0 Å². The minimum atomic E-state index is 0.261. The van der Waals surface area contributed by atoms with Crippen LogP contribution in [0.4, 0.5) is 0 Å². The van der Waals surface area contributed by atoms with Gasteiger partial charge in [-0.3, -0.25) is 0 Å². The Morgan fingerprint density at radius 1 is 1.10 bits per heavy atom. The third kappa shape index (κ3) is 2.86. The van der Waals surface area contributed by atoms with Crippen LogP contribution in [0, 0.1) is 0 Å². The summed E-state index contributed by atoms with van der Waals surface area (Å²) >= 11 is 0. The SMILES string of the molecule is CC(NC1CCc2ccccc2C1)c1cccc(O)c1. The molecule has 0 saturated heterocycles. The second kappa shape index (κ2) is 5.68. The lowest BCUT2D eigenvalue weighted by Crippen LogP contribution is -2.36. The Balaban J connectivity index is 1.67. The predicted molar refractivity (Wildman–Crippen MR) is 81.9 cm³/mol. The second-order valence-corrected chi connectivity index (χ2v) is 5.69. The molecular formula is C18H21NO. The molecule has 0 aromatic heterocycles. The molecule has 20 heavy (non-hydrogen) atoms. The highest BCUT2D eigenvalue weighted by molar-refractivity contribution is 5.31. The largest absolute Gasteiger partial charge is 0.508 e. The van der Waals surface area contributed by atoms with Gasteiger partial charge in [-0.1, -0.05) is 36.4 Å². The molecule has 2 unspecified atom stereocenters. The van der Waals surface area contributed by atoms with E-state index in [4.69, 9.17) is 0 Å². The van der Waals surface area contributed by atoms with Gasteiger partial charge in [0.25, 0.3) is 0 Å². The van der Waals surface area contributed by atoms with E-state index in [1.54, 1.807) is 6.07 Å². The number of hydrogen-bond donors (Lipinski definition) is 2. The molecule has 0 saturated carbocycles. The Bertz CT molecular complexity index is 593. The Kier molecular flexibility index (Phi) is 3.75. The van der Waals surface area contributed by atoms with E-state index in [-0.39, 0.29) is 6.04 Å². The first-order valence-electron chi connectivity index (χ1n) is 7.34. The maximum Gasteiger partial charge on any atom is 0.115 e. The van der Waals surface area contributed by atoms with E-state index in [1.165, 1.54) is 17.5 Å². The zero-order valence-electron chi connectivity index (χ0n) is 11.8. The third-order valence-corrected chi connectivity index (χ3v) is 4.20. The van der Waals surface area contributed by atoms with E-state index in [0.29, 0.717) is 11.8 Å². The van der Waals surface area contributed by atoms with E-state index in [0.717, 1.165) is 18.4 Å². The van der Waals surface area contributed by atoms with Crippen LogP contribution in [0.3, 0.4) is 0 Å². The van der Waals surface area contributed by atoms with Crippen molar-refractivity contribution in [2.45, 2.75) is 38.3 Å². The third-order valence-electron chi connectivity index (χ3n) is 4.20. The molecule has 0 aliphatic heterocycles. The first kappa shape index (κ1) is 13.2. The molecule has 1 aliphatic rings. The van der Waals surface area contributed by atoms with E-state index < -0.39 is 0 Å². The van der Waals surface area contributed by atoms with Crippen LogP contribution in [0.25, 0.3) is 0 Å². The molecule has 2 aromatic rings. The normalized spacial score (nSPS) is 19.4. The van der Waals surface area contributed by atoms with Gasteiger partial charge in [-0.05, 0) is 55.0 Å². The van der Waals surface area contributed by atoms with Crippen molar-refractivity contribution < 1.29 is 5.11 Å². The Morgan fingerprint density at radius 2 is 1.90 bits per heavy atom. The number of rotatable bonds is 3. The highest BCUT2D eigenvalue weighted by Gasteiger charge is 2.20. The summed E-state index contributed by atoms with van der Waals surface area (Å²) in [5.74, 6) is 0.338. The number of nitrogens with one attached hydrogen (secondary N) is 1. The van der Waals surface area contributed by atoms with Crippen LogP contribution in [-0.2, 0) is 12.8 Å². The molecule has 0 amide bonds. The smallest absolute Gasteiger partial charge is 0.115 e. The first-order chi connectivity index (χ1) is 9.72. The fourth-order valence-electron chi connectivity index (χ4n) is 3.08. The van der Waals surface area contributed by atoms with Crippen LogP contribution in [0.1, 0.15) is 36.1 Å². The summed E-state index contributed by atoms with van der Waals surface area (Å²) in [4.78, 5) is 0. The molecule has 2 aromatic carbocycles. The Labute approximate surface area is 120 Å². The van der Waals surface area contributed by atoms with Crippen molar-refractivity contribution in [2.24, 2.45) is 0 Å². The van der Waals surface area contributed by atoms with Crippen LogP contribution in [0.15, 0.2) is 48.5 Å². The number of phenolic OH excluding ortho intramolecular Hbond substituents is 1. The van der Waals surface area contributed by atoms with Crippen molar-refractivity contribution >= 4 is 0 Å². The lowest BCUT2D eigenvalue weighted by molar-refractivity contribution is 0.411. The molecule has 0 fully saturated rings. The van der Waals surface area contributed by atoms with Crippen molar-refractivity contribution in [1.82, 2.24) is 5.32 Å². The van der Waals surface area contributed by atoms with Crippen LogP contribution in [0.5, 0.6) is 5.75 Å². The Morgan fingerprint density at radius 3 is 2.70 bits per heavy atom. The maximum atomic E-state index is 9.57. The molecule has 0 bridgehead atoms. The van der Waals surface area contributed by atoms with Crippen LogP contribution in [0.2, 0.25) is 0 Å². The number of benzene rings is 2. The van der Waals surface area contributed by atoms with Crippen LogP contribution >= 0.6 is 0 Å². The summed E-state index contributed by atoms with van der Waals surface area (Å²) in [7, 11) is 0. The first-order valence-corrected chi connectivity index (χ1v) is 7.34. The monoisotopic (exact) mass is 267 g/mol. The van der Waals surface area contributed by atoms with Gasteiger partial charge in [0.05, 0.1) is 0 Å². The fraction of sp³-hybridized carbons (Fsp3) is 0.333. The molecule has 104 valence electrons. The summed E-state index contributed by atoms with van der Waals surface area (Å²) in [6.07, 6.45) is 3.43. The van der Waals surface area contributed by atoms with Gasteiger partial charge in [-0.15, -0.1) is 0 Å². The van der Waals surface area contributed by atoms with Crippen molar-refractivity contribution in [2.75, 3.05) is 0 Å². The molecule has 0 spiro atoms. The van der Waals surface area contributed by atoms with Crippen molar-refractivity contribution in [3.63, 3.8) is 0 Å². The maximum absolute atomic E-state index is 9.57. The molecule has 2 atom stereocenters. The zero-order chi connectivity index (χ0) is 13.9. The van der Waals surface area contributed by atoms with Gasteiger partial charge in [-0.25, -0.2) is 0 Å². The van der Waals surface area contributed by atoms with Crippen molar-refractivity contribution in [3.05, 3.63) is 65.2 Å². The van der Waals surface area contributed by atoms with Gasteiger partial charge >= 0.3 is 0 Å². The van der Waals surface area contributed by atoms with Gasteiger partial charge in [0.15, 0.2) is 0 Å². The Hall–Kier alpha value is -1.80. The summed E-state index contributed by atoms with van der Waals surface area (Å²) in [6.45, 7) is 2.16. The van der Waals surface area contributed by atoms with E-state index in [2.05, 4.69) is 42.6 Å². The van der Waals surface area contributed by atoms with Gasteiger partial charge in [0.1, 0.15) is 5.75 Å². The van der Waals surface area contributed by atoms with Crippen LogP contribution < -0.4 is 5.32 Å². The molecule has 1 aliphatic carbocycles. The molecule has 2 nitrogen and oxygen atoms in total. The minimum Gasteiger partial charge on any atom is -0.508 e. The van der Waals surface area contributed by atoms with Gasteiger partial charge < -0.3 is 10.4 Å². The van der Waals surface area contributed by atoms with Crippen molar-refractivity contribution in [1.29, 1.82) is 0 Å². The fourth-order valence-corrected chi connectivity index (χ4v) is 3.08. The lowest BCUT2D eigenvalue weighted by atomic mass is 9.88. The lowest BCUT2D eigenvalue weighted by Gasteiger charge is -2.28. The van der Waals surface area contributed by atoms with Gasteiger partial charge in [0, 0.05) is 12.1 Å². The van der Waals surface area contributed by atoms with E-state index >= 15 is 0 Å². The second-order valence-electron chi connectivity index (χ2n) is 5.69. The standard InChI is InChI=1S/C18H21NO/c1-13(15-7-4-8-18(20)12-15)19-17-10-9-14-5-2-3-6-16(14)11-17/h2-8,12-13,17,19-20H,9-11H2,1H3. The molecule has 3 rings (SSSR count). The number of aryl methyl sites for hydroxylation is 1.